The molecule has 0 saturated carbocycles. The van der Waals surface area contributed by atoms with Gasteiger partial charge in [0, 0.05) is 6.20 Å². The van der Waals surface area contributed by atoms with Crippen LogP contribution in [0.3, 0.4) is 0 Å². The molecule has 2 aromatic heterocycles. The van der Waals surface area contributed by atoms with Gasteiger partial charge in [-0.3, -0.25) is 0 Å². The molecule has 0 fully saturated rings. The van der Waals surface area contributed by atoms with Gasteiger partial charge < -0.3 is 4.98 Å². The number of aromatic amines is 1. The molecule has 90 valence electrons. The summed E-state index contributed by atoms with van der Waals surface area (Å²) < 4.78 is 37.8. The van der Waals surface area contributed by atoms with Crippen LogP contribution in [0, 0.1) is 0 Å². The minimum atomic E-state index is -4.50. The molecule has 0 atom stereocenters. The van der Waals surface area contributed by atoms with E-state index in [4.69, 9.17) is 0 Å². The number of halogens is 3. The van der Waals surface area contributed by atoms with E-state index in [1.54, 1.807) is 18.3 Å². The molecule has 8 heteroatoms. The molecule has 1 N–H and O–H groups in total. The second kappa shape index (κ2) is 4.61. The second-order valence-electron chi connectivity index (χ2n) is 3.09. The smallest absolute Gasteiger partial charge is 0.360 e. The molecule has 0 unspecified atom stereocenters. The monoisotopic (exact) mass is 277 g/mol. The Balaban J connectivity index is 2.54. The number of hydrogen-bond acceptors (Lipinski definition) is 4. The number of H-pyrrole nitrogens is 1. The van der Waals surface area contributed by atoms with E-state index in [1.807, 2.05) is 0 Å². The molecular weight excluding hydrogens is 271 g/mol. The average Bonchev–Trinajstić information content (AvgIpc) is 2.80. The Morgan fingerprint density at radius 3 is 2.59 bits per heavy atom. The van der Waals surface area contributed by atoms with E-state index in [-0.39, 0.29) is 10.9 Å². The quantitative estimate of drug-likeness (QED) is 0.502. The molecule has 0 radical (unpaired) electrons. The number of nitrogens with one attached hydrogen (secondary N) is 1. The molecule has 3 nitrogen and oxygen atoms in total. The lowest BCUT2D eigenvalue weighted by Crippen LogP contribution is -2.09. The zero-order chi connectivity index (χ0) is 12.5. The van der Waals surface area contributed by atoms with Crippen LogP contribution < -0.4 is 0 Å². The van der Waals surface area contributed by atoms with Crippen molar-refractivity contribution in [2.24, 2.45) is 0 Å². The molecule has 0 amide bonds. The molecule has 17 heavy (non-hydrogen) atoms. The number of alkyl halides is 3. The van der Waals surface area contributed by atoms with E-state index >= 15 is 0 Å². The molecule has 2 heterocycles. The summed E-state index contributed by atoms with van der Waals surface area (Å²) in [4.78, 5) is 10.1. The first kappa shape index (κ1) is 12.3. The minimum Gasteiger partial charge on any atom is -0.360 e. The molecule has 0 aromatic carbocycles. The van der Waals surface area contributed by atoms with Gasteiger partial charge in [-0.25, -0.2) is 9.97 Å². The Morgan fingerprint density at radius 2 is 2.06 bits per heavy atom. The van der Waals surface area contributed by atoms with Crippen molar-refractivity contribution in [2.75, 3.05) is 0 Å². The predicted molar refractivity (Wildman–Crippen MR) is 61.7 cm³/mol. The van der Waals surface area contributed by atoms with E-state index in [1.165, 1.54) is 0 Å². The molecule has 0 bridgehead atoms. The maximum Gasteiger partial charge on any atom is 0.433 e. The molecule has 2 rings (SSSR count). The second-order valence-corrected chi connectivity index (χ2v) is 4.19. The Hall–Kier alpha value is -1.15. The summed E-state index contributed by atoms with van der Waals surface area (Å²) in [6, 6.07) is 4.22. The number of thiol groups is 1. The summed E-state index contributed by atoms with van der Waals surface area (Å²) in [7, 11) is 0.769. The normalized spacial score (nSPS) is 11.8. The van der Waals surface area contributed by atoms with Crippen molar-refractivity contribution >= 4 is 22.5 Å². The predicted octanol–water partition coefficient (Wildman–Crippen LogP) is 3.43. The summed E-state index contributed by atoms with van der Waals surface area (Å²) in [6.07, 6.45) is -2.89. The van der Waals surface area contributed by atoms with Crippen LogP contribution >= 0.6 is 22.5 Å². The maximum atomic E-state index is 12.6. The summed E-state index contributed by atoms with van der Waals surface area (Å²) in [5.41, 5.74) is -0.288. The van der Waals surface area contributed by atoms with Gasteiger partial charge >= 0.3 is 6.18 Å². The van der Waals surface area contributed by atoms with Crippen molar-refractivity contribution in [1.82, 2.24) is 15.0 Å². The number of nitrogens with zero attached hydrogens (tertiary/aromatic N) is 2. The average molecular weight is 277 g/mol. The fourth-order valence-electron chi connectivity index (χ4n) is 1.24. The van der Waals surface area contributed by atoms with Gasteiger partial charge in [0.05, 0.1) is 11.4 Å². The molecule has 0 saturated heterocycles. The lowest BCUT2D eigenvalue weighted by Gasteiger charge is -2.08. The third-order valence-electron chi connectivity index (χ3n) is 1.95. The van der Waals surface area contributed by atoms with Crippen LogP contribution in [0.15, 0.2) is 29.6 Å². The Labute approximate surface area is 104 Å². The largest absolute Gasteiger partial charge is 0.433 e. The van der Waals surface area contributed by atoms with Crippen molar-refractivity contribution in [3.05, 3.63) is 30.1 Å². The van der Waals surface area contributed by atoms with Crippen LogP contribution in [0.1, 0.15) is 5.69 Å². The standard InChI is InChI=1S/C9H6F3N3S2/c10-9(11,12)7-4-6(5-2-1-3-13-5)14-8(15-7)17-16/h1-4,13,16H. The number of hydrogen-bond donors (Lipinski definition) is 2. The first-order chi connectivity index (χ1) is 8.00. The summed E-state index contributed by atoms with van der Waals surface area (Å²) >= 11 is 3.81. The van der Waals surface area contributed by atoms with E-state index in [9.17, 15) is 13.2 Å². The van der Waals surface area contributed by atoms with E-state index in [0.29, 0.717) is 5.69 Å². The SMILES string of the molecule is FC(F)(F)c1cc(-c2ccc[nH]2)nc(SS)n1. The Kier molecular flexibility index (Phi) is 3.34. The summed E-state index contributed by atoms with van der Waals surface area (Å²) in [5, 5.41) is -0.0345. The fourth-order valence-corrected chi connectivity index (χ4v) is 1.76. The number of aromatic nitrogens is 3. The molecule has 0 aliphatic rings. The van der Waals surface area contributed by atoms with Gasteiger partial charge in [-0.05, 0) is 29.0 Å². The summed E-state index contributed by atoms with van der Waals surface area (Å²) in [6.45, 7) is 0. The van der Waals surface area contributed by atoms with E-state index in [2.05, 4.69) is 26.6 Å². The highest BCUT2D eigenvalue weighted by atomic mass is 33.1. The van der Waals surface area contributed by atoms with Gasteiger partial charge in [0.1, 0.15) is 5.69 Å². The van der Waals surface area contributed by atoms with Crippen LogP contribution in [0.5, 0.6) is 0 Å². The third-order valence-corrected chi connectivity index (χ3v) is 2.79. The maximum absolute atomic E-state index is 12.6. The van der Waals surface area contributed by atoms with Crippen LogP contribution in [0.25, 0.3) is 11.4 Å². The van der Waals surface area contributed by atoms with Crippen molar-refractivity contribution in [1.29, 1.82) is 0 Å². The highest BCUT2D eigenvalue weighted by molar-refractivity contribution is 8.68. The van der Waals surface area contributed by atoms with Crippen molar-refractivity contribution in [3.8, 4) is 11.4 Å². The van der Waals surface area contributed by atoms with Crippen molar-refractivity contribution in [2.45, 2.75) is 11.3 Å². The first-order valence-electron chi connectivity index (χ1n) is 4.42. The van der Waals surface area contributed by atoms with Gasteiger partial charge in [-0.15, -0.1) is 11.7 Å². The van der Waals surface area contributed by atoms with E-state index < -0.39 is 11.9 Å². The number of rotatable bonds is 2. The zero-order valence-electron chi connectivity index (χ0n) is 8.19. The van der Waals surface area contributed by atoms with Gasteiger partial charge in [-0.2, -0.15) is 13.2 Å². The first-order valence-corrected chi connectivity index (χ1v) is 6.29. The molecule has 0 aliphatic carbocycles. The van der Waals surface area contributed by atoms with Gasteiger partial charge in [-0.1, -0.05) is 0 Å². The van der Waals surface area contributed by atoms with E-state index in [0.717, 1.165) is 16.9 Å². The van der Waals surface area contributed by atoms with Crippen LogP contribution in [-0.4, -0.2) is 15.0 Å². The van der Waals surface area contributed by atoms with Gasteiger partial charge in [0.2, 0.25) is 0 Å². The lowest BCUT2D eigenvalue weighted by atomic mass is 10.2. The minimum absolute atomic E-state index is 0.0345. The van der Waals surface area contributed by atoms with Crippen LogP contribution in [-0.2, 0) is 6.18 Å². The van der Waals surface area contributed by atoms with Gasteiger partial charge in [0.15, 0.2) is 5.16 Å². The third kappa shape index (κ3) is 2.75. The highest BCUT2D eigenvalue weighted by Crippen LogP contribution is 2.32. The van der Waals surface area contributed by atoms with Crippen molar-refractivity contribution in [3.63, 3.8) is 0 Å². The van der Waals surface area contributed by atoms with Crippen LogP contribution in [0.4, 0.5) is 13.2 Å². The molecule has 2 aromatic rings. The Bertz CT molecular complexity index is 511. The van der Waals surface area contributed by atoms with Crippen LogP contribution in [0.2, 0.25) is 0 Å². The topological polar surface area (TPSA) is 41.6 Å². The molecule has 0 aliphatic heterocycles. The van der Waals surface area contributed by atoms with Gasteiger partial charge in [0.25, 0.3) is 0 Å². The Morgan fingerprint density at radius 1 is 1.29 bits per heavy atom. The molecular formula is C9H6F3N3S2. The summed E-state index contributed by atoms with van der Waals surface area (Å²) in [5.74, 6) is 0. The van der Waals surface area contributed by atoms with Crippen molar-refractivity contribution < 1.29 is 13.2 Å². The fraction of sp³-hybridized carbons (Fsp3) is 0.111. The molecule has 0 spiro atoms. The zero-order valence-corrected chi connectivity index (χ0v) is 9.90. The lowest BCUT2D eigenvalue weighted by molar-refractivity contribution is -0.141. The highest BCUT2D eigenvalue weighted by Gasteiger charge is 2.33.